The van der Waals surface area contributed by atoms with E-state index in [0.717, 1.165) is 25.1 Å². The number of rotatable bonds is 5. The van der Waals surface area contributed by atoms with Crippen molar-refractivity contribution in [2.75, 3.05) is 0 Å². The molecule has 20 heavy (non-hydrogen) atoms. The molecule has 0 aliphatic carbocycles. The van der Waals surface area contributed by atoms with Crippen molar-refractivity contribution < 1.29 is 0 Å². The van der Waals surface area contributed by atoms with Crippen molar-refractivity contribution in [2.45, 2.75) is 39.0 Å². The Balaban J connectivity index is 1.79. The van der Waals surface area contributed by atoms with Crippen molar-refractivity contribution in [2.24, 2.45) is 0 Å². The van der Waals surface area contributed by atoms with E-state index >= 15 is 0 Å². The second-order valence-corrected chi connectivity index (χ2v) is 5.51. The number of benzene rings is 1. The molecule has 0 aliphatic heterocycles. The van der Waals surface area contributed by atoms with Crippen LogP contribution in [-0.4, -0.2) is 15.0 Å². The standard InChI is InChI=1S/C17H21N3/c1-3-6-14-11-19-17(20-14)12(2)9-13-10-18-16-8-5-4-7-15(13)16/h4-5,7-8,10-12,18H,3,6,9H2,1-2H3,(H,19,20). The third kappa shape index (κ3) is 2.48. The number of hydrogen-bond donors (Lipinski definition) is 2. The minimum absolute atomic E-state index is 0.403. The third-order valence-corrected chi connectivity index (χ3v) is 3.84. The zero-order chi connectivity index (χ0) is 13.9. The summed E-state index contributed by atoms with van der Waals surface area (Å²) in [5, 5.41) is 1.32. The Hall–Kier alpha value is -2.03. The van der Waals surface area contributed by atoms with Crippen LogP contribution in [0.15, 0.2) is 36.7 Å². The lowest BCUT2D eigenvalue weighted by atomic mass is 10.00. The van der Waals surface area contributed by atoms with Gasteiger partial charge in [-0.2, -0.15) is 0 Å². The Labute approximate surface area is 119 Å². The van der Waals surface area contributed by atoms with Gasteiger partial charge >= 0.3 is 0 Å². The average molecular weight is 267 g/mol. The molecule has 1 unspecified atom stereocenters. The molecule has 0 fully saturated rings. The quantitative estimate of drug-likeness (QED) is 0.715. The zero-order valence-electron chi connectivity index (χ0n) is 12.1. The summed E-state index contributed by atoms with van der Waals surface area (Å²) in [7, 11) is 0. The van der Waals surface area contributed by atoms with Crippen molar-refractivity contribution in [3.63, 3.8) is 0 Å². The van der Waals surface area contributed by atoms with Crippen molar-refractivity contribution in [1.82, 2.24) is 15.0 Å². The van der Waals surface area contributed by atoms with E-state index in [1.807, 2.05) is 6.20 Å². The SMILES string of the molecule is CCCc1cnc(C(C)Cc2c[nH]c3ccccc23)[nH]1. The van der Waals surface area contributed by atoms with Crippen molar-refractivity contribution in [3.8, 4) is 0 Å². The lowest BCUT2D eigenvalue weighted by molar-refractivity contribution is 0.709. The van der Waals surface area contributed by atoms with Crippen LogP contribution >= 0.6 is 0 Å². The highest BCUT2D eigenvalue weighted by Gasteiger charge is 2.13. The van der Waals surface area contributed by atoms with Crippen LogP contribution in [0.4, 0.5) is 0 Å². The van der Waals surface area contributed by atoms with Gasteiger partial charge in [-0.25, -0.2) is 4.98 Å². The Morgan fingerprint density at radius 2 is 2.10 bits per heavy atom. The van der Waals surface area contributed by atoms with Gasteiger partial charge < -0.3 is 9.97 Å². The summed E-state index contributed by atoms with van der Waals surface area (Å²) in [5.41, 5.74) is 3.82. The molecular formula is C17H21N3. The number of imidazole rings is 1. The number of aromatic amines is 2. The number of fused-ring (bicyclic) bond motifs is 1. The van der Waals surface area contributed by atoms with Crippen LogP contribution in [0.3, 0.4) is 0 Å². The predicted octanol–water partition coefficient (Wildman–Crippen LogP) is 4.19. The minimum atomic E-state index is 0.403. The molecular weight excluding hydrogens is 246 g/mol. The number of H-pyrrole nitrogens is 2. The summed E-state index contributed by atoms with van der Waals surface area (Å²) in [5.74, 6) is 1.50. The number of aromatic nitrogens is 3. The van der Waals surface area contributed by atoms with Gasteiger partial charge in [-0.1, -0.05) is 38.5 Å². The fourth-order valence-corrected chi connectivity index (χ4v) is 2.75. The number of aryl methyl sites for hydroxylation is 1. The first-order chi connectivity index (χ1) is 9.78. The lowest BCUT2D eigenvalue weighted by Crippen LogP contribution is -2.00. The van der Waals surface area contributed by atoms with E-state index in [1.54, 1.807) is 0 Å². The highest BCUT2D eigenvalue weighted by molar-refractivity contribution is 5.83. The van der Waals surface area contributed by atoms with Gasteiger partial charge in [0.25, 0.3) is 0 Å². The molecule has 0 saturated heterocycles. The summed E-state index contributed by atoms with van der Waals surface area (Å²) in [6, 6.07) is 8.46. The first-order valence-corrected chi connectivity index (χ1v) is 7.36. The molecule has 3 heteroatoms. The maximum atomic E-state index is 4.53. The summed E-state index contributed by atoms with van der Waals surface area (Å²) >= 11 is 0. The van der Waals surface area contributed by atoms with E-state index in [1.165, 1.54) is 22.2 Å². The van der Waals surface area contributed by atoms with Crippen LogP contribution in [0, 0.1) is 0 Å². The molecule has 104 valence electrons. The molecule has 3 aromatic rings. The normalized spacial score (nSPS) is 12.9. The molecule has 0 saturated carbocycles. The zero-order valence-corrected chi connectivity index (χ0v) is 12.1. The number of nitrogens with one attached hydrogen (secondary N) is 2. The molecule has 0 amide bonds. The first kappa shape index (κ1) is 13.0. The monoisotopic (exact) mass is 267 g/mol. The molecule has 0 radical (unpaired) electrons. The largest absolute Gasteiger partial charge is 0.361 e. The van der Waals surface area contributed by atoms with Gasteiger partial charge in [-0.05, 0) is 24.5 Å². The van der Waals surface area contributed by atoms with Crippen LogP contribution < -0.4 is 0 Å². The molecule has 0 bridgehead atoms. The van der Waals surface area contributed by atoms with Crippen LogP contribution in [0.5, 0.6) is 0 Å². The Kier molecular flexibility index (Phi) is 3.59. The second kappa shape index (κ2) is 5.53. The Bertz CT molecular complexity index is 693. The maximum absolute atomic E-state index is 4.53. The smallest absolute Gasteiger partial charge is 0.109 e. The molecule has 0 spiro atoms. The number of hydrogen-bond acceptors (Lipinski definition) is 1. The summed E-state index contributed by atoms with van der Waals surface area (Å²) in [6.45, 7) is 4.42. The van der Waals surface area contributed by atoms with E-state index < -0.39 is 0 Å². The second-order valence-electron chi connectivity index (χ2n) is 5.51. The molecule has 0 aliphatic rings. The molecule has 1 aromatic carbocycles. The van der Waals surface area contributed by atoms with Crippen LogP contribution in [-0.2, 0) is 12.8 Å². The van der Waals surface area contributed by atoms with Gasteiger partial charge in [0, 0.05) is 34.9 Å². The van der Waals surface area contributed by atoms with Gasteiger partial charge in [-0.15, -0.1) is 0 Å². The van der Waals surface area contributed by atoms with E-state index in [4.69, 9.17) is 0 Å². The third-order valence-electron chi connectivity index (χ3n) is 3.84. The Morgan fingerprint density at radius 3 is 2.95 bits per heavy atom. The topological polar surface area (TPSA) is 44.5 Å². The number of para-hydroxylation sites is 1. The predicted molar refractivity (Wildman–Crippen MR) is 83.0 cm³/mol. The van der Waals surface area contributed by atoms with Crippen molar-refractivity contribution in [3.05, 3.63) is 53.7 Å². The van der Waals surface area contributed by atoms with Crippen LogP contribution in [0.1, 0.15) is 43.3 Å². The van der Waals surface area contributed by atoms with Gasteiger partial charge in [-0.3, -0.25) is 0 Å². The van der Waals surface area contributed by atoms with Crippen molar-refractivity contribution >= 4 is 10.9 Å². The van der Waals surface area contributed by atoms with E-state index in [-0.39, 0.29) is 0 Å². The summed E-state index contributed by atoms with van der Waals surface area (Å²) in [4.78, 5) is 11.3. The fraction of sp³-hybridized carbons (Fsp3) is 0.353. The molecule has 3 nitrogen and oxygen atoms in total. The lowest BCUT2D eigenvalue weighted by Gasteiger charge is -2.07. The first-order valence-electron chi connectivity index (χ1n) is 7.36. The van der Waals surface area contributed by atoms with Gasteiger partial charge in [0.1, 0.15) is 5.82 Å². The van der Waals surface area contributed by atoms with Crippen molar-refractivity contribution in [1.29, 1.82) is 0 Å². The molecule has 2 N–H and O–H groups in total. The van der Waals surface area contributed by atoms with Crippen LogP contribution in [0.25, 0.3) is 10.9 Å². The van der Waals surface area contributed by atoms with E-state index in [0.29, 0.717) is 5.92 Å². The number of nitrogens with zero attached hydrogens (tertiary/aromatic N) is 1. The Morgan fingerprint density at radius 1 is 1.25 bits per heavy atom. The van der Waals surface area contributed by atoms with Gasteiger partial charge in [0.15, 0.2) is 0 Å². The van der Waals surface area contributed by atoms with Crippen LogP contribution in [0.2, 0.25) is 0 Å². The highest BCUT2D eigenvalue weighted by atomic mass is 14.9. The molecule has 2 heterocycles. The minimum Gasteiger partial charge on any atom is -0.361 e. The van der Waals surface area contributed by atoms with Gasteiger partial charge in [0.05, 0.1) is 0 Å². The maximum Gasteiger partial charge on any atom is 0.109 e. The van der Waals surface area contributed by atoms with E-state index in [9.17, 15) is 0 Å². The highest BCUT2D eigenvalue weighted by Crippen LogP contribution is 2.24. The molecule has 1 atom stereocenters. The average Bonchev–Trinajstić information content (AvgIpc) is 3.07. The van der Waals surface area contributed by atoms with Gasteiger partial charge in [0.2, 0.25) is 0 Å². The summed E-state index contributed by atoms with van der Waals surface area (Å²) < 4.78 is 0. The summed E-state index contributed by atoms with van der Waals surface area (Å²) in [6.07, 6.45) is 7.33. The molecule has 3 rings (SSSR count). The fourth-order valence-electron chi connectivity index (χ4n) is 2.75. The molecule has 2 aromatic heterocycles. The van der Waals surface area contributed by atoms with E-state index in [2.05, 4.69) is 59.3 Å².